The number of rotatable bonds is 4. The number of urea groups is 1. The van der Waals surface area contributed by atoms with Crippen LogP contribution in [0.1, 0.15) is 9.67 Å². The van der Waals surface area contributed by atoms with Crippen LogP contribution in [0, 0.1) is 0 Å². The van der Waals surface area contributed by atoms with Crippen molar-refractivity contribution >= 4 is 60.1 Å². The molecule has 142 valence electrons. The second kappa shape index (κ2) is 7.53. The first-order valence-corrected chi connectivity index (χ1v) is 9.09. The number of hydrogen-bond donors (Lipinski definition) is 2. The van der Waals surface area contributed by atoms with Crippen LogP contribution in [0.15, 0.2) is 30.3 Å². The van der Waals surface area contributed by atoms with Crippen LogP contribution in [0.25, 0.3) is 19.5 Å². The molecule has 0 aliphatic heterocycles. The molecule has 0 saturated carbocycles. The van der Waals surface area contributed by atoms with Gasteiger partial charge in [0.15, 0.2) is 6.61 Å². The zero-order valence-electron chi connectivity index (χ0n) is 13.4. The SMILES string of the molecule is O=C(COC(=O)c1cc2sc3ccccc3c2s1)NC(=O)NCC(F)(F)F. The Labute approximate surface area is 157 Å². The van der Waals surface area contributed by atoms with Crippen molar-refractivity contribution in [3.05, 3.63) is 35.2 Å². The third-order valence-corrected chi connectivity index (χ3v) is 5.68. The highest BCUT2D eigenvalue weighted by molar-refractivity contribution is 7.33. The summed E-state index contributed by atoms with van der Waals surface area (Å²) in [7, 11) is 0. The average molecular weight is 416 g/mol. The zero-order chi connectivity index (χ0) is 19.6. The Bertz CT molecular complexity index is 1030. The minimum Gasteiger partial charge on any atom is -0.451 e. The van der Waals surface area contributed by atoms with Crippen LogP contribution in [-0.2, 0) is 9.53 Å². The average Bonchev–Trinajstić information content (AvgIpc) is 3.15. The van der Waals surface area contributed by atoms with Crippen LogP contribution >= 0.6 is 22.7 Å². The Kier molecular flexibility index (Phi) is 5.33. The quantitative estimate of drug-likeness (QED) is 0.636. The van der Waals surface area contributed by atoms with Gasteiger partial charge in [-0.15, -0.1) is 22.7 Å². The summed E-state index contributed by atoms with van der Waals surface area (Å²) < 4.78 is 43.6. The second-order valence-corrected chi connectivity index (χ2v) is 7.46. The predicted molar refractivity (Wildman–Crippen MR) is 95.1 cm³/mol. The van der Waals surface area contributed by atoms with Gasteiger partial charge in [-0.3, -0.25) is 10.1 Å². The standard InChI is InChI=1S/C16H11F3N2O4S2/c17-16(18,19)7-20-15(24)21-12(22)6-25-14(23)11-5-10-13(27-11)8-3-1-2-4-9(8)26-10/h1-5H,6-7H2,(H2,20,21,22,24). The Balaban J connectivity index is 1.55. The van der Waals surface area contributed by atoms with Crippen molar-refractivity contribution in [2.75, 3.05) is 13.2 Å². The molecule has 6 nitrogen and oxygen atoms in total. The van der Waals surface area contributed by atoms with E-state index in [-0.39, 0.29) is 4.88 Å². The summed E-state index contributed by atoms with van der Waals surface area (Å²) in [6.07, 6.45) is -4.59. The second-order valence-electron chi connectivity index (χ2n) is 5.32. The number of imide groups is 1. The summed E-state index contributed by atoms with van der Waals surface area (Å²) in [4.78, 5) is 35.0. The highest BCUT2D eigenvalue weighted by Gasteiger charge is 2.28. The lowest BCUT2D eigenvalue weighted by atomic mass is 10.2. The largest absolute Gasteiger partial charge is 0.451 e. The molecule has 3 amide bonds. The molecule has 2 aromatic heterocycles. The Hall–Kier alpha value is -2.66. The third-order valence-electron chi connectivity index (χ3n) is 3.29. The number of carbonyl (C=O) groups excluding carboxylic acids is 3. The first-order chi connectivity index (χ1) is 12.7. The molecule has 1 aromatic carbocycles. The minimum absolute atomic E-state index is 0.288. The molecule has 0 bridgehead atoms. The van der Waals surface area contributed by atoms with Gasteiger partial charge in [-0.2, -0.15) is 13.2 Å². The van der Waals surface area contributed by atoms with E-state index in [1.54, 1.807) is 11.4 Å². The van der Waals surface area contributed by atoms with E-state index in [0.29, 0.717) is 0 Å². The maximum absolute atomic E-state index is 12.1. The molecule has 0 aliphatic carbocycles. The van der Waals surface area contributed by atoms with E-state index in [4.69, 9.17) is 4.74 Å². The topological polar surface area (TPSA) is 84.5 Å². The summed E-state index contributed by atoms with van der Waals surface area (Å²) in [5.41, 5.74) is 0. The fraction of sp³-hybridized carbons (Fsp3) is 0.188. The molecule has 0 fully saturated rings. The number of halogens is 3. The number of nitrogens with one attached hydrogen (secondary N) is 2. The van der Waals surface area contributed by atoms with Gasteiger partial charge in [-0.1, -0.05) is 18.2 Å². The van der Waals surface area contributed by atoms with Gasteiger partial charge in [0, 0.05) is 14.8 Å². The third kappa shape index (κ3) is 4.74. The predicted octanol–water partition coefficient (Wildman–Crippen LogP) is 3.66. The van der Waals surface area contributed by atoms with Gasteiger partial charge in [0.05, 0.1) is 4.70 Å². The normalized spacial score (nSPS) is 11.5. The van der Waals surface area contributed by atoms with Gasteiger partial charge in [0.1, 0.15) is 11.4 Å². The lowest BCUT2D eigenvalue weighted by Crippen LogP contribution is -2.44. The monoisotopic (exact) mass is 416 g/mol. The molecule has 0 aliphatic rings. The first kappa shape index (κ1) is 19.1. The van der Waals surface area contributed by atoms with Crippen LogP contribution in [0.2, 0.25) is 0 Å². The van der Waals surface area contributed by atoms with Crippen LogP contribution in [0.3, 0.4) is 0 Å². The summed E-state index contributed by atoms with van der Waals surface area (Å²) in [5, 5.41) is 4.13. The van der Waals surface area contributed by atoms with Crippen molar-refractivity contribution in [1.82, 2.24) is 10.6 Å². The van der Waals surface area contributed by atoms with E-state index in [1.807, 2.05) is 24.3 Å². The molecule has 0 spiro atoms. The molecule has 0 saturated heterocycles. The molecule has 2 heterocycles. The molecule has 27 heavy (non-hydrogen) atoms. The summed E-state index contributed by atoms with van der Waals surface area (Å²) in [6.45, 7) is -2.36. The Morgan fingerprint density at radius 3 is 2.56 bits per heavy atom. The van der Waals surface area contributed by atoms with Gasteiger partial charge < -0.3 is 10.1 Å². The molecule has 2 N–H and O–H groups in total. The zero-order valence-corrected chi connectivity index (χ0v) is 15.0. The van der Waals surface area contributed by atoms with Crippen molar-refractivity contribution in [3.8, 4) is 0 Å². The van der Waals surface area contributed by atoms with Crippen molar-refractivity contribution in [2.24, 2.45) is 0 Å². The van der Waals surface area contributed by atoms with Gasteiger partial charge in [-0.05, 0) is 12.1 Å². The number of carbonyl (C=O) groups is 3. The summed E-state index contributed by atoms with van der Waals surface area (Å²) >= 11 is 2.74. The number of hydrogen-bond acceptors (Lipinski definition) is 6. The lowest BCUT2D eigenvalue weighted by Gasteiger charge is -2.09. The van der Waals surface area contributed by atoms with Crippen LogP contribution in [0.5, 0.6) is 0 Å². The van der Waals surface area contributed by atoms with E-state index in [2.05, 4.69) is 0 Å². The number of esters is 1. The van der Waals surface area contributed by atoms with E-state index < -0.39 is 37.2 Å². The van der Waals surface area contributed by atoms with Crippen molar-refractivity contribution in [2.45, 2.75) is 6.18 Å². The summed E-state index contributed by atoms with van der Waals surface area (Å²) in [5.74, 6) is -1.79. The molecule has 3 aromatic rings. The van der Waals surface area contributed by atoms with E-state index in [0.717, 1.165) is 19.5 Å². The number of alkyl halides is 3. The minimum atomic E-state index is -4.59. The molecule has 11 heteroatoms. The van der Waals surface area contributed by atoms with Gasteiger partial charge in [-0.25, -0.2) is 9.59 Å². The number of thiophene rings is 2. The molecule has 0 radical (unpaired) electrons. The molecule has 0 atom stereocenters. The smallest absolute Gasteiger partial charge is 0.405 e. The lowest BCUT2D eigenvalue weighted by molar-refractivity contribution is -0.125. The fourth-order valence-corrected chi connectivity index (χ4v) is 4.61. The molecule has 3 rings (SSSR count). The fourth-order valence-electron chi connectivity index (χ4n) is 2.19. The number of fused-ring (bicyclic) bond motifs is 3. The van der Waals surface area contributed by atoms with Crippen LogP contribution in [-0.4, -0.2) is 37.2 Å². The van der Waals surface area contributed by atoms with Crippen molar-refractivity contribution in [1.29, 1.82) is 0 Å². The highest BCUT2D eigenvalue weighted by atomic mass is 32.1. The first-order valence-electron chi connectivity index (χ1n) is 7.45. The molecule has 0 unspecified atom stereocenters. The Morgan fingerprint density at radius 2 is 1.81 bits per heavy atom. The maximum atomic E-state index is 12.1. The van der Waals surface area contributed by atoms with Crippen LogP contribution < -0.4 is 10.6 Å². The van der Waals surface area contributed by atoms with Gasteiger partial charge >= 0.3 is 18.2 Å². The Morgan fingerprint density at radius 1 is 1.07 bits per heavy atom. The van der Waals surface area contributed by atoms with Crippen molar-refractivity contribution < 1.29 is 32.3 Å². The summed E-state index contributed by atoms with van der Waals surface area (Å²) in [6, 6.07) is 8.05. The van der Waals surface area contributed by atoms with E-state index in [1.165, 1.54) is 28.0 Å². The highest BCUT2D eigenvalue weighted by Crippen LogP contribution is 2.39. The number of benzene rings is 1. The maximum Gasteiger partial charge on any atom is 0.405 e. The number of ether oxygens (including phenoxy) is 1. The van der Waals surface area contributed by atoms with Gasteiger partial charge in [0.25, 0.3) is 5.91 Å². The van der Waals surface area contributed by atoms with E-state index >= 15 is 0 Å². The van der Waals surface area contributed by atoms with Gasteiger partial charge in [0.2, 0.25) is 0 Å². The molecular weight excluding hydrogens is 405 g/mol. The molecular formula is C16H11F3N2O4S2. The van der Waals surface area contributed by atoms with Crippen LogP contribution in [0.4, 0.5) is 18.0 Å². The van der Waals surface area contributed by atoms with Crippen molar-refractivity contribution in [3.63, 3.8) is 0 Å². The van der Waals surface area contributed by atoms with E-state index in [9.17, 15) is 27.6 Å². The number of amides is 3.